The maximum absolute atomic E-state index is 10.8. The van der Waals surface area contributed by atoms with Crippen molar-refractivity contribution in [1.29, 1.82) is 0 Å². The maximum Gasteiger partial charge on any atom is 0.231 e. The van der Waals surface area contributed by atoms with Crippen LogP contribution >= 0.6 is 0 Å². The molecule has 0 aromatic heterocycles. The molecule has 1 aromatic rings. The van der Waals surface area contributed by atoms with Gasteiger partial charge in [0.25, 0.3) is 0 Å². The van der Waals surface area contributed by atoms with E-state index in [4.69, 9.17) is 11.5 Å². The van der Waals surface area contributed by atoms with Gasteiger partial charge in [0.05, 0.1) is 6.54 Å². The molecule has 0 heterocycles. The lowest BCUT2D eigenvalue weighted by atomic mass is 10.1. The first kappa shape index (κ1) is 12.7. The van der Waals surface area contributed by atoms with Crippen molar-refractivity contribution in [2.75, 3.05) is 19.6 Å². The Morgan fingerprint density at radius 3 is 2.50 bits per heavy atom. The minimum atomic E-state index is -0.317. The number of primary amides is 1. The van der Waals surface area contributed by atoms with E-state index in [0.717, 1.165) is 12.1 Å². The van der Waals surface area contributed by atoms with Crippen LogP contribution in [0.1, 0.15) is 18.5 Å². The van der Waals surface area contributed by atoms with Crippen LogP contribution in [0.3, 0.4) is 0 Å². The van der Waals surface area contributed by atoms with E-state index in [2.05, 4.69) is 0 Å². The summed E-state index contributed by atoms with van der Waals surface area (Å²) >= 11 is 0. The molecular weight excluding hydrogens is 202 g/mol. The highest BCUT2D eigenvalue weighted by Crippen LogP contribution is 2.10. The molecule has 0 saturated heterocycles. The lowest BCUT2D eigenvalue weighted by molar-refractivity contribution is -0.119. The normalized spacial score (nSPS) is 12.7. The summed E-state index contributed by atoms with van der Waals surface area (Å²) in [5.41, 5.74) is 12.3. The van der Waals surface area contributed by atoms with Crippen LogP contribution in [0.2, 0.25) is 0 Å². The molecule has 1 rings (SSSR count). The van der Waals surface area contributed by atoms with Crippen LogP contribution in [-0.2, 0) is 4.79 Å². The van der Waals surface area contributed by atoms with Crippen molar-refractivity contribution < 1.29 is 4.79 Å². The molecule has 1 unspecified atom stereocenters. The average Bonchev–Trinajstić information content (AvgIpc) is 2.28. The molecule has 4 heteroatoms. The van der Waals surface area contributed by atoms with E-state index in [-0.39, 0.29) is 18.5 Å². The summed E-state index contributed by atoms with van der Waals surface area (Å²) in [6.45, 7) is 3.66. The molecule has 0 aliphatic heterocycles. The Bertz CT molecular complexity index is 326. The molecule has 0 fully saturated rings. The molecule has 1 aromatic carbocycles. The largest absolute Gasteiger partial charge is 0.369 e. The third-order valence-corrected chi connectivity index (χ3v) is 2.51. The lowest BCUT2D eigenvalue weighted by Gasteiger charge is -2.22. The lowest BCUT2D eigenvalue weighted by Crippen LogP contribution is -2.38. The molecule has 0 saturated carbocycles. The average molecular weight is 221 g/mol. The zero-order valence-electron chi connectivity index (χ0n) is 9.60. The Labute approximate surface area is 96.2 Å². The van der Waals surface area contributed by atoms with E-state index in [0.29, 0.717) is 6.54 Å². The van der Waals surface area contributed by atoms with E-state index in [9.17, 15) is 4.79 Å². The van der Waals surface area contributed by atoms with E-state index in [1.807, 2.05) is 42.2 Å². The molecule has 4 nitrogen and oxygen atoms in total. The molecule has 0 aliphatic carbocycles. The number of benzene rings is 1. The fourth-order valence-corrected chi connectivity index (χ4v) is 1.61. The third-order valence-electron chi connectivity index (χ3n) is 2.51. The summed E-state index contributed by atoms with van der Waals surface area (Å²) in [5, 5.41) is 0. The number of hydrogen-bond acceptors (Lipinski definition) is 3. The molecule has 1 atom stereocenters. The summed E-state index contributed by atoms with van der Waals surface area (Å²) < 4.78 is 0. The van der Waals surface area contributed by atoms with Gasteiger partial charge in [0.15, 0.2) is 0 Å². The maximum atomic E-state index is 10.8. The first-order valence-electron chi connectivity index (χ1n) is 5.44. The monoisotopic (exact) mass is 221 g/mol. The van der Waals surface area contributed by atoms with E-state index in [1.165, 1.54) is 0 Å². The zero-order valence-corrected chi connectivity index (χ0v) is 9.60. The van der Waals surface area contributed by atoms with Gasteiger partial charge in [-0.25, -0.2) is 0 Å². The van der Waals surface area contributed by atoms with Gasteiger partial charge in [-0.3, -0.25) is 9.69 Å². The van der Waals surface area contributed by atoms with Crippen LogP contribution in [0, 0.1) is 0 Å². The van der Waals surface area contributed by atoms with Crippen molar-refractivity contribution in [2.24, 2.45) is 11.5 Å². The van der Waals surface area contributed by atoms with E-state index >= 15 is 0 Å². The van der Waals surface area contributed by atoms with Crippen molar-refractivity contribution in [1.82, 2.24) is 4.90 Å². The van der Waals surface area contributed by atoms with Crippen LogP contribution < -0.4 is 11.5 Å². The Balaban J connectivity index is 2.55. The fraction of sp³-hybridized carbons (Fsp3) is 0.417. The molecule has 0 bridgehead atoms. The van der Waals surface area contributed by atoms with Crippen molar-refractivity contribution in [3.8, 4) is 0 Å². The number of carbonyl (C=O) groups is 1. The van der Waals surface area contributed by atoms with Crippen LogP contribution in [-0.4, -0.2) is 30.4 Å². The van der Waals surface area contributed by atoms with Gasteiger partial charge in [-0.05, 0) is 12.1 Å². The number of amides is 1. The van der Waals surface area contributed by atoms with Crippen molar-refractivity contribution >= 4 is 5.91 Å². The smallest absolute Gasteiger partial charge is 0.231 e. The predicted octanol–water partition coefficient (Wildman–Crippen LogP) is 0.494. The van der Waals surface area contributed by atoms with Gasteiger partial charge in [0, 0.05) is 12.6 Å². The molecule has 88 valence electrons. The fourth-order valence-electron chi connectivity index (χ4n) is 1.61. The van der Waals surface area contributed by atoms with Crippen molar-refractivity contribution in [2.45, 2.75) is 13.0 Å². The second-order valence-corrected chi connectivity index (χ2v) is 3.81. The van der Waals surface area contributed by atoms with Crippen LogP contribution in [0.15, 0.2) is 30.3 Å². The predicted molar refractivity (Wildman–Crippen MR) is 64.7 cm³/mol. The molecule has 1 amide bonds. The number of nitrogens with two attached hydrogens (primary N) is 2. The minimum Gasteiger partial charge on any atom is -0.369 e. The first-order chi connectivity index (χ1) is 7.63. The Morgan fingerprint density at radius 2 is 2.00 bits per heavy atom. The van der Waals surface area contributed by atoms with Crippen LogP contribution in [0.5, 0.6) is 0 Å². The van der Waals surface area contributed by atoms with Gasteiger partial charge in [-0.2, -0.15) is 0 Å². The van der Waals surface area contributed by atoms with Crippen LogP contribution in [0.25, 0.3) is 0 Å². The van der Waals surface area contributed by atoms with Crippen LogP contribution in [0.4, 0.5) is 0 Å². The van der Waals surface area contributed by atoms with Gasteiger partial charge in [-0.15, -0.1) is 0 Å². The first-order valence-corrected chi connectivity index (χ1v) is 5.44. The topological polar surface area (TPSA) is 72.3 Å². The Kier molecular flexibility index (Phi) is 4.95. The number of carbonyl (C=O) groups excluding carboxylic acids is 1. The quantitative estimate of drug-likeness (QED) is 0.734. The zero-order chi connectivity index (χ0) is 12.0. The molecule has 16 heavy (non-hydrogen) atoms. The second-order valence-electron chi connectivity index (χ2n) is 3.81. The highest BCUT2D eigenvalue weighted by atomic mass is 16.1. The molecule has 0 radical (unpaired) electrons. The van der Waals surface area contributed by atoms with Crippen molar-refractivity contribution in [3.05, 3.63) is 35.9 Å². The summed E-state index contributed by atoms with van der Waals surface area (Å²) in [6, 6.07) is 9.77. The molecule has 4 N–H and O–H groups in total. The second kappa shape index (κ2) is 6.25. The number of hydrogen-bond donors (Lipinski definition) is 2. The number of likely N-dealkylation sites (N-methyl/N-ethyl adjacent to an activating group) is 1. The highest BCUT2D eigenvalue weighted by molar-refractivity contribution is 5.75. The van der Waals surface area contributed by atoms with Gasteiger partial charge in [0.1, 0.15) is 0 Å². The molecule has 0 spiro atoms. The SMILES string of the molecule is CCN(CC(N)=O)CC(N)c1ccccc1. The third kappa shape index (κ3) is 4.00. The Morgan fingerprint density at radius 1 is 1.38 bits per heavy atom. The van der Waals surface area contributed by atoms with Gasteiger partial charge < -0.3 is 11.5 Å². The van der Waals surface area contributed by atoms with E-state index in [1.54, 1.807) is 0 Å². The minimum absolute atomic E-state index is 0.0829. The van der Waals surface area contributed by atoms with E-state index < -0.39 is 0 Å². The highest BCUT2D eigenvalue weighted by Gasteiger charge is 2.12. The summed E-state index contributed by atoms with van der Waals surface area (Å²) in [4.78, 5) is 12.8. The molecule has 0 aliphatic rings. The summed E-state index contributed by atoms with van der Waals surface area (Å²) in [7, 11) is 0. The number of nitrogens with zero attached hydrogens (tertiary/aromatic N) is 1. The Hall–Kier alpha value is -1.39. The van der Waals surface area contributed by atoms with Gasteiger partial charge in [0.2, 0.25) is 5.91 Å². The van der Waals surface area contributed by atoms with Crippen molar-refractivity contribution in [3.63, 3.8) is 0 Å². The number of rotatable bonds is 6. The molecular formula is C12H19N3O. The summed E-state index contributed by atoms with van der Waals surface area (Å²) in [5.74, 6) is -0.317. The summed E-state index contributed by atoms with van der Waals surface area (Å²) in [6.07, 6.45) is 0. The standard InChI is InChI=1S/C12H19N3O/c1-2-15(9-12(14)16)8-11(13)10-6-4-3-5-7-10/h3-7,11H,2,8-9,13H2,1H3,(H2,14,16). The van der Waals surface area contributed by atoms with Gasteiger partial charge >= 0.3 is 0 Å². The van der Waals surface area contributed by atoms with Gasteiger partial charge in [-0.1, -0.05) is 37.3 Å².